The zero-order valence-corrected chi connectivity index (χ0v) is 9.37. The number of pyridine rings is 1. The smallest absolute Gasteiger partial charge is 0.222 e. The van der Waals surface area contributed by atoms with E-state index in [0.29, 0.717) is 11.8 Å². The molecule has 0 saturated heterocycles. The molecule has 0 amide bonds. The van der Waals surface area contributed by atoms with Crippen LogP contribution in [0.4, 0.5) is 0 Å². The monoisotopic (exact) mass is 231 g/mol. The van der Waals surface area contributed by atoms with Gasteiger partial charge in [-0.3, -0.25) is 0 Å². The van der Waals surface area contributed by atoms with Gasteiger partial charge in [0.05, 0.1) is 0 Å². The lowest BCUT2D eigenvalue weighted by Crippen LogP contribution is -2.04. The predicted octanol–water partition coefficient (Wildman–Crippen LogP) is 3.52. The Morgan fingerprint density at radius 3 is 3.06 bits per heavy atom. The van der Waals surface area contributed by atoms with Crippen molar-refractivity contribution in [3.05, 3.63) is 53.2 Å². The van der Waals surface area contributed by atoms with Gasteiger partial charge >= 0.3 is 0 Å². The highest BCUT2D eigenvalue weighted by atomic mass is 35.5. The first-order chi connectivity index (χ1) is 7.86. The highest BCUT2D eigenvalue weighted by Crippen LogP contribution is 2.35. The Morgan fingerprint density at radius 2 is 2.19 bits per heavy atom. The molecule has 0 atom stereocenters. The van der Waals surface area contributed by atoms with Crippen LogP contribution in [0.1, 0.15) is 16.7 Å². The van der Waals surface area contributed by atoms with E-state index in [9.17, 15) is 0 Å². The van der Waals surface area contributed by atoms with Crippen molar-refractivity contribution in [2.45, 2.75) is 12.3 Å². The van der Waals surface area contributed by atoms with E-state index >= 15 is 0 Å². The van der Waals surface area contributed by atoms with Crippen LogP contribution in [0.3, 0.4) is 0 Å². The standard InChI is InChI=1S/C13H10ClNO/c14-8-9-3-4-12-11(6-9)7-10-2-1-5-15-13(10)16-12/h1-6H,7-8H2. The zero-order chi connectivity index (χ0) is 11.0. The summed E-state index contributed by atoms with van der Waals surface area (Å²) in [6, 6.07) is 10.0. The average molecular weight is 232 g/mol. The van der Waals surface area contributed by atoms with Crippen molar-refractivity contribution in [1.29, 1.82) is 0 Å². The van der Waals surface area contributed by atoms with Crippen LogP contribution >= 0.6 is 11.6 Å². The van der Waals surface area contributed by atoms with E-state index in [1.54, 1.807) is 6.20 Å². The Kier molecular flexibility index (Phi) is 2.29. The Morgan fingerprint density at radius 1 is 1.25 bits per heavy atom. The van der Waals surface area contributed by atoms with Crippen LogP contribution in [0.25, 0.3) is 0 Å². The van der Waals surface area contributed by atoms with Gasteiger partial charge in [-0.1, -0.05) is 18.2 Å². The quantitative estimate of drug-likeness (QED) is 0.598. The van der Waals surface area contributed by atoms with Gasteiger partial charge in [-0.25, -0.2) is 4.98 Å². The van der Waals surface area contributed by atoms with Gasteiger partial charge in [0.1, 0.15) is 5.75 Å². The summed E-state index contributed by atoms with van der Waals surface area (Å²) in [4.78, 5) is 4.21. The molecule has 2 nitrogen and oxygen atoms in total. The summed E-state index contributed by atoms with van der Waals surface area (Å²) in [7, 11) is 0. The molecule has 16 heavy (non-hydrogen) atoms. The summed E-state index contributed by atoms with van der Waals surface area (Å²) in [6.07, 6.45) is 2.61. The Balaban J connectivity index is 2.05. The number of hydrogen-bond donors (Lipinski definition) is 0. The molecule has 1 aromatic heterocycles. The third-order valence-corrected chi connectivity index (χ3v) is 3.03. The van der Waals surface area contributed by atoms with Crippen molar-refractivity contribution in [3.63, 3.8) is 0 Å². The van der Waals surface area contributed by atoms with Gasteiger partial charge in [0.25, 0.3) is 0 Å². The fourth-order valence-electron chi connectivity index (χ4n) is 1.91. The maximum absolute atomic E-state index is 5.82. The molecule has 0 aliphatic carbocycles. The molecule has 1 aliphatic heterocycles. The predicted molar refractivity (Wildman–Crippen MR) is 63.1 cm³/mol. The maximum Gasteiger partial charge on any atom is 0.222 e. The largest absolute Gasteiger partial charge is 0.438 e. The zero-order valence-electron chi connectivity index (χ0n) is 8.61. The second-order valence-electron chi connectivity index (χ2n) is 3.82. The van der Waals surface area contributed by atoms with E-state index in [4.69, 9.17) is 16.3 Å². The number of nitrogens with zero attached hydrogens (tertiary/aromatic N) is 1. The van der Waals surface area contributed by atoms with Crippen molar-refractivity contribution in [2.24, 2.45) is 0 Å². The molecule has 0 fully saturated rings. The number of ether oxygens (including phenoxy) is 1. The van der Waals surface area contributed by atoms with Gasteiger partial charge in [0.2, 0.25) is 5.88 Å². The molecule has 0 bridgehead atoms. The summed E-state index contributed by atoms with van der Waals surface area (Å²) in [5.74, 6) is 2.14. The van der Waals surface area contributed by atoms with E-state index in [-0.39, 0.29) is 0 Å². The minimum Gasteiger partial charge on any atom is -0.438 e. The number of fused-ring (bicyclic) bond motifs is 2. The SMILES string of the molecule is ClCc1ccc2c(c1)Cc1cccnc1O2. The Bertz CT molecular complexity index is 539. The molecular formula is C13H10ClNO. The number of hydrogen-bond acceptors (Lipinski definition) is 2. The van der Waals surface area contributed by atoms with Crippen molar-refractivity contribution in [3.8, 4) is 11.6 Å². The van der Waals surface area contributed by atoms with E-state index in [1.165, 1.54) is 5.56 Å². The lowest BCUT2D eigenvalue weighted by atomic mass is 10.0. The van der Waals surface area contributed by atoms with Gasteiger partial charge < -0.3 is 4.74 Å². The molecule has 3 rings (SSSR count). The summed E-state index contributed by atoms with van der Waals surface area (Å²) < 4.78 is 5.72. The van der Waals surface area contributed by atoms with Gasteiger partial charge in [-0.2, -0.15) is 0 Å². The summed E-state index contributed by atoms with van der Waals surface area (Å²) in [5.41, 5.74) is 3.43. The van der Waals surface area contributed by atoms with Crippen LogP contribution in [0.15, 0.2) is 36.5 Å². The second-order valence-corrected chi connectivity index (χ2v) is 4.09. The first kappa shape index (κ1) is 9.67. The minimum absolute atomic E-state index is 0.535. The third-order valence-electron chi connectivity index (χ3n) is 2.72. The molecule has 3 heteroatoms. The number of aromatic nitrogens is 1. The third kappa shape index (κ3) is 1.55. The average Bonchev–Trinajstić information content (AvgIpc) is 2.35. The fraction of sp³-hybridized carbons (Fsp3) is 0.154. The number of halogens is 1. The molecule has 80 valence electrons. The summed E-state index contributed by atoms with van der Waals surface area (Å²) in [6.45, 7) is 0. The maximum atomic E-state index is 5.82. The van der Waals surface area contributed by atoms with Crippen molar-refractivity contribution in [1.82, 2.24) is 4.98 Å². The molecule has 2 aromatic rings. The van der Waals surface area contributed by atoms with Crippen molar-refractivity contribution >= 4 is 11.6 Å². The second kappa shape index (κ2) is 3.80. The van der Waals surface area contributed by atoms with Crippen molar-refractivity contribution < 1.29 is 4.74 Å². The lowest BCUT2D eigenvalue weighted by molar-refractivity contribution is 0.440. The highest BCUT2D eigenvalue weighted by Gasteiger charge is 2.17. The molecular weight excluding hydrogens is 222 g/mol. The topological polar surface area (TPSA) is 22.1 Å². The Hall–Kier alpha value is -1.54. The molecule has 1 aliphatic rings. The van der Waals surface area contributed by atoms with E-state index in [1.807, 2.05) is 24.3 Å². The first-order valence-electron chi connectivity index (χ1n) is 5.16. The first-order valence-corrected chi connectivity index (χ1v) is 5.70. The van der Waals surface area contributed by atoms with E-state index in [2.05, 4.69) is 11.1 Å². The Labute approximate surface area is 98.8 Å². The van der Waals surface area contributed by atoms with Crippen LogP contribution in [0, 0.1) is 0 Å². The van der Waals surface area contributed by atoms with Gasteiger partial charge in [-0.15, -0.1) is 11.6 Å². The van der Waals surface area contributed by atoms with E-state index in [0.717, 1.165) is 23.3 Å². The minimum atomic E-state index is 0.535. The van der Waals surface area contributed by atoms with E-state index < -0.39 is 0 Å². The molecule has 2 heterocycles. The number of rotatable bonds is 1. The van der Waals surface area contributed by atoms with Gasteiger partial charge in [0.15, 0.2) is 0 Å². The highest BCUT2D eigenvalue weighted by molar-refractivity contribution is 6.17. The van der Waals surface area contributed by atoms with Crippen LogP contribution < -0.4 is 4.74 Å². The molecule has 0 N–H and O–H groups in total. The van der Waals surface area contributed by atoms with Crippen molar-refractivity contribution in [2.75, 3.05) is 0 Å². The molecule has 0 saturated carbocycles. The molecule has 0 unspecified atom stereocenters. The van der Waals surface area contributed by atoms with Gasteiger partial charge in [0, 0.05) is 24.1 Å². The summed E-state index contributed by atoms with van der Waals surface area (Å²) >= 11 is 5.82. The molecule has 0 radical (unpaired) electrons. The molecule has 0 spiro atoms. The van der Waals surface area contributed by atoms with Gasteiger partial charge in [-0.05, 0) is 23.3 Å². The normalized spacial score (nSPS) is 12.6. The molecule has 1 aromatic carbocycles. The van der Waals surface area contributed by atoms with Crippen LogP contribution in [-0.2, 0) is 12.3 Å². The fourth-order valence-corrected chi connectivity index (χ4v) is 2.08. The van der Waals surface area contributed by atoms with Crippen LogP contribution in [0.5, 0.6) is 11.6 Å². The van der Waals surface area contributed by atoms with Crippen LogP contribution in [0.2, 0.25) is 0 Å². The number of benzene rings is 1. The summed E-state index contributed by atoms with van der Waals surface area (Å²) in [5, 5.41) is 0. The number of alkyl halides is 1. The van der Waals surface area contributed by atoms with Crippen LogP contribution in [-0.4, -0.2) is 4.98 Å². The lowest BCUT2D eigenvalue weighted by Gasteiger charge is -2.19.